The van der Waals surface area contributed by atoms with Crippen LogP contribution in [0.25, 0.3) is 0 Å². The Bertz CT molecular complexity index is 606. The van der Waals surface area contributed by atoms with Gasteiger partial charge in [-0.15, -0.1) is 0 Å². The quantitative estimate of drug-likeness (QED) is 0.753. The second-order valence-corrected chi connectivity index (χ2v) is 5.72. The van der Waals surface area contributed by atoms with Gasteiger partial charge >= 0.3 is 0 Å². The third kappa shape index (κ3) is 1.94. The Morgan fingerprint density at radius 2 is 1.81 bits per heavy atom. The standard InChI is InChI=1S/C15H19N5O/c1-17-8-10-18(11-9-17)20-13-5-3-2-4-12(13)14(21)19-7-6-16-15(19)20/h2-5H,6-11H2,1H3. The minimum atomic E-state index is 0.0761. The highest BCUT2D eigenvalue weighted by atomic mass is 16.2. The van der Waals surface area contributed by atoms with Gasteiger partial charge in [-0.3, -0.25) is 9.69 Å². The molecule has 3 aliphatic rings. The fourth-order valence-corrected chi connectivity index (χ4v) is 3.18. The molecule has 1 aromatic carbocycles. The molecule has 3 heterocycles. The van der Waals surface area contributed by atoms with Crippen LogP contribution in [0.3, 0.4) is 0 Å². The van der Waals surface area contributed by atoms with Crippen LogP contribution in [-0.2, 0) is 0 Å². The number of aliphatic imine (C=N–C) groups is 1. The maximum absolute atomic E-state index is 12.6. The van der Waals surface area contributed by atoms with Crippen molar-refractivity contribution in [3.8, 4) is 0 Å². The zero-order valence-corrected chi connectivity index (χ0v) is 12.2. The number of benzene rings is 1. The number of para-hydroxylation sites is 1. The van der Waals surface area contributed by atoms with Gasteiger partial charge in [-0.2, -0.15) is 0 Å². The molecule has 0 bridgehead atoms. The van der Waals surface area contributed by atoms with Crippen molar-refractivity contribution in [3.63, 3.8) is 0 Å². The van der Waals surface area contributed by atoms with E-state index in [0.29, 0.717) is 13.1 Å². The van der Waals surface area contributed by atoms with E-state index in [0.717, 1.165) is 43.4 Å². The van der Waals surface area contributed by atoms with Gasteiger partial charge in [0.25, 0.3) is 5.91 Å². The molecule has 1 saturated heterocycles. The zero-order valence-electron chi connectivity index (χ0n) is 12.2. The number of amides is 1. The fourth-order valence-electron chi connectivity index (χ4n) is 3.18. The highest BCUT2D eigenvalue weighted by Crippen LogP contribution is 2.31. The Labute approximate surface area is 124 Å². The second kappa shape index (κ2) is 4.82. The van der Waals surface area contributed by atoms with Gasteiger partial charge in [-0.1, -0.05) is 12.1 Å². The van der Waals surface area contributed by atoms with E-state index in [1.807, 2.05) is 24.3 Å². The van der Waals surface area contributed by atoms with Gasteiger partial charge in [-0.05, 0) is 19.2 Å². The molecular weight excluding hydrogens is 266 g/mol. The van der Waals surface area contributed by atoms with Gasteiger partial charge < -0.3 is 4.90 Å². The van der Waals surface area contributed by atoms with Crippen molar-refractivity contribution in [2.45, 2.75) is 0 Å². The molecule has 6 heteroatoms. The smallest absolute Gasteiger partial charge is 0.262 e. The molecule has 1 amide bonds. The van der Waals surface area contributed by atoms with Gasteiger partial charge in [-0.25, -0.2) is 15.0 Å². The van der Waals surface area contributed by atoms with Crippen molar-refractivity contribution < 1.29 is 4.79 Å². The van der Waals surface area contributed by atoms with Crippen LogP contribution in [0.4, 0.5) is 5.69 Å². The number of carbonyl (C=O) groups is 1. The minimum Gasteiger partial charge on any atom is -0.304 e. The number of fused-ring (bicyclic) bond motifs is 2. The molecule has 1 fully saturated rings. The number of guanidine groups is 1. The van der Waals surface area contributed by atoms with Crippen LogP contribution in [0.15, 0.2) is 29.3 Å². The van der Waals surface area contributed by atoms with E-state index in [1.54, 1.807) is 4.90 Å². The molecule has 0 aliphatic carbocycles. The number of rotatable bonds is 1. The average molecular weight is 285 g/mol. The summed E-state index contributed by atoms with van der Waals surface area (Å²) in [6.07, 6.45) is 0. The summed E-state index contributed by atoms with van der Waals surface area (Å²) >= 11 is 0. The summed E-state index contributed by atoms with van der Waals surface area (Å²) in [6, 6.07) is 7.84. The van der Waals surface area contributed by atoms with E-state index < -0.39 is 0 Å². The van der Waals surface area contributed by atoms with Crippen LogP contribution < -0.4 is 5.01 Å². The van der Waals surface area contributed by atoms with E-state index in [-0.39, 0.29) is 5.91 Å². The lowest BCUT2D eigenvalue weighted by molar-refractivity contribution is 0.0834. The van der Waals surface area contributed by atoms with Gasteiger partial charge in [0.15, 0.2) is 0 Å². The summed E-state index contributed by atoms with van der Waals surface area (Å²) in [7, 11) is 2.14. The van der Waals surface area contributed by atoms with Gasteiger partial charge in [0.05, 0.1) is 17.8 Å². The van der Waals surface area contributed by atoms with Crippen molar-refractivity contribution in [1.29, 1.82) is 0 Å². The minimum absolute atomic E-state index is 0.0761. The Hall–Kier alpha value is -1.92. The predicted octanol–water partition coefficient (Wildman–Crippen LogP) is 0.481. The summed E-state index contributed by atoms with van der Waals surface area (Å²) in [5.74, 6) is 0.871. The van der Waals surface area contributed by atoms with Crippen molar-refractivity contribution >= 4 is 17.6 Å². The van der Waals surface area contributed by atoms with Crippen LogP contribution in [0.5, 0.6) is 0 Å². The van der Waals surface area contributed by atoms with E-state index in [4.69, 9.17) is 0 Å². The van der Waals surface area contributed by atoms with E-state index >= 15 is 0 Å². The van der Waals surface area contributed by atoms with Gasteiger partial charge in [0.1, 0.15) is 0 Å². The molecule has 0 spiro atoms. The molecule has 110 valence electrons. The Morgan fingerprint density at radius 3 is 2.62 bits per heavy atom. The first-order chi connectivity index (χ1) is 10.3. The largest absolute Gasteiger partial charge is 0.304 e. The predicted molar refractivity (Wildman–Crippen MR) is 81.3 cm³/mol. The lowest BCUT2D eigenvalue weighted by atomic mass is 10.1. The highest BCUT2D eigenvalue weighted by Gasteiger charge is 2.40. The number of hydrazine groups is 1. The number of carbonyl (C=O) groups excluding carboxylic acids is 1. The van der Waals surface area contributed by atoms with Crippen LogP contribution in [-0.4, -0.2) is 73.0 Å². The summed E-state index contributed by atoms with van der Waals surface area (Å²) in [6.45, 7) is 5.34. The normalized spacial score (nSPS) is 23.1. The number of hydrogen-bond donors (Lipinski definition) is 0. The maximum atomic E-state index is 12.6. The van der Waals surface area contributed by atoms with Crippen molar-refractivity contribution in [1.82, 2.24) is 14.8 Å². The van der Waals surface area contributed by atoms with Gasteiger partial charge in [0.2, 0.25) is 5.96 Å². The third-order valence-corrected chi connectivity index (χ3v) is 4.38. The molecule has 0 radical (unpaired) electrons. The molecule has 0 aromatic heterocycles. The first-order valence-corrected chi connectivity index (χ1v) is 7.44. The first-order valence-electron chi connectivity index (χ1n) is 7.44. The Morgan fingerprint density at radius 1 is 1.05 bits per heavy atom. The Kier molecular flexibility index (Phi) is 2.94. The Balaban J connectivity index is 1.77. The number of anilines is 1. The average Bonchev–Trinajstić information content (AvgIpc) is 2.99. The number of likely N-dealkylation sites (N-methyl/N-ethyl adjacent to an activating group) is 1. The number of piperazine rings is 1. The summed E-state index contributed by atoms with van der Waals surface area (Å²) in [4.78, 5) is 21.3. The van der Waals surface area contributed by atoms with Crippen molar-refractivity contribution in [2.75, 3.05) is 51.3 Å². The molecule has 0 saturated carbocycles. The molecule has 21 heavy (non-hydrogen) atoms. The van der Waals surface area contributed by atoms with Crippen LogP contribution >= 0.6 is 0 Å². The molecule has 0 N–H and O–H groups in total. The first kappa shape index (κ1) is 12.8. The lowest BCUT2D eigenvalue weighted by Gasteiger charge is -2.45. The van der Waals surface area contributed by atoms with Crippen molar-refractivity contribution in [3.05, 3.63) is 29.8 Å². The maximum Gasteiger partial charge on any atom is 0.262 e. The van der Waals surface area contributed by atoms with Crippen LogP contribution in [0.1, 0.15) is 10.4 Å². The second-order valence-electron chi connectivity index (χ2n) is 5.72. The number of hydrogen-bond acceptors (Lipinski definition) is 5. The molecule has 0 unspecified atom stereocenters. The van der Waals surface area contributed by atoms with Gasteiger partial charge in [0, 0.05) is 32.7 Å². The number of nitrogens with zero attached hydrogens (tertiary/aromatic N) is 5. The fraction of sp³-hybridized carbons (Fsp3) is 0.467. The molecule has 3 aliphatic heterocycles. The molecule has 6 nitrogen and oxygen atoms in total. The highest BCUT2D eigenvalue weighted by molar-refractivity contribution is 6.18. The van der Waals surface area contributed by atoms with E-state index in [1.165, 1.54) is 0 Å². The molecule has 1 aromatic rings. The molecule has 0 atom stereocenters. The summed E-state index contributed by atoms with van der Waals surface area (Å²) in [5.41, 5.74) is 1.74. The SMILES string of the molecule is CN1CCN(N2C3=NCCN3C(=O)c3ccccc32)CC1. The van der Waals surface area contributed by atoms with Crippen LogP contribution in [0, 0.1) is 0 Å². The summed E-state index contributed by atoms with van der Waals surface area (Å²) in [5, 5.41) is 4.46. The zero-order chi connectivity index (χ0) is 14.4. The van der Waals surface area contributed by atoms with Crippen molar-refractivity contribution in [2.24, 2.45) is 4.99 Å². The molecular formula is C15H19N5O. The van der Waals surface area contributed by atoms with E-state index in [9.17, 15) is 4.79 Å². The summed E-state index contributed by atoms with van der Waals surface area (Å²) < 4.78 is 0. The molecule has 4 rings (SSSR count). The monoisotopic (exact) mass is 285 g/mol. The van der Waals surface area contributed by atoms with E-state index in [2.05, 4.69) is 27.0 Å². The topological polar surface area (TPSA) is 42.4 Å². The third-order valence-electron chi connectivity index (χ3n) is 4.38. The van der Waals surface area contributed by atoms with Crippen LogP contribution in [0.2, 0.25) is 0 Å². The lowest BCUT2D eigenvalue weighted by Crippen LogP contribution is -2.61.